The highest BCUT2D eigenvalue weighted by molar-refractivity contribution is 5.58. The van der Waals surface area contributed by atoms with Gasteiger partial charge in [-0.3, -0.25) is 0 Å². The molecule has 0 radical (unpaired) electrons. The van der Waals surface area contributed by atoms with Gasteiger partial charge in [0.25, 0.3) is 0 Å². The largest absolute Gasteiger partial charge is 0.472 e. The molecule has 5 nitrogen and oxygen atoms in total. The summed E-state index contributed by atoms with van der Waals surface area (Å²) in [5, 5.41) is 3.04. The molecule has 0 saturated carbocycles. The Morgan fingerprint density at radius 1 is 1.25 bits per heavy atom. The standard InChI is InChI=1S/C15H17N3O2/c1-16-13-9-14(20-12-7-8-19-10-12)18-15(17-13)11-5-3-2-4-6-11/h2-6,9,12H,7-8,10H2,1H3,(H,16,17,18). The molecule has 1 saturated heterocycles. The molecular formula is C15H17N3O2. The molecule has 1 unspecified atom stereocenters. The fraction of sp³-hybridized carbons (Fsp3) is 0.333. The van der Waals surface area contributed by atoms with Crippen LogP contribution in [-0.2, 0) is 4.74 Å². The molecule has 20 heavy (non-hydrogen) atoms. The number of benzene rings is 1. The van der Waals surface area contributed by atoms with Gasteiger partial charge in [0.15, 0.2) is 5.82 Å². The lowest BCUT2D eigenvalue weighted by molar-refractivity contribution is 0.138. The van der Waals surface area contributed by atoms with E-state index in [0.717, 1.165) is 24.4 Å². The highest BCUT2D eigenvalue weighted by Crippen LogP contribution is 2.23. The lowest BCUT2D eigenvalue weighted by Crippen LogP contribution is -2.17. The second-order valence-electron chi connectivity index (χ2n) is 4.63. The van der Waals surface area contributed by atoms with Gasteiger partial charge in [-0.15, -0.1) is 0 Å². The average Bonchev–Trinajstić information content (AvgIpc) is 3.00. The third-order valence-corrected chi connectivity index (χ3v) is 3.17. The number of ether oxygens (including phenoxy) is 2. The van der Waals surface area contributed by atoms with E-state index in [1.807, 2.05) is 43.4 Å². The van der Waals surface area contributed by atoms with Crippen LogP contribution in [0.5, 0.6) is 5.88 Å². The van der Waals surface area contributed by atoms with Gasteiger partial charge in [-0.05, 0) is 0 Å². The van der Waals surface area contributed by atoms with Gasteiger partial charge in [-0.1, -0.05) is 30.3 Å². The van der Waals surface area contributed by atoms with Crippen molar-refractivity contribution in [2.24, 2.45) is 0 Å². The topological polar surface area (TPSA) is 56.3 Å². The Morgan fingerprint density at radius 3 is 2.80 bits per heavy atom. The van der Waals surface area contributed by atoms with Crippen molar-refractivity contribution in [1.29, 1.82) is 0 Å². The number of nitrogens with zero attached hydrogens (tertiary/aromatic N) is 2. The Labute approximate surface area is 118 Å². The van der Waals surface area contributed by atoms with E-state index in [-0.39, 0.29) is 6.10 Å². The maximum Gasteiger partial charge on any atom is 0.219 e. The lowest BCUT2D eigenvalue weighted by atomic mass is 10.2. The fourth-order valence-corrected chi connectivity index (χ4v) is 2.11. The van der Waals surface area contributed by atoms with Crippen LogP contribution in [0.15, 0.2) is 36.4 Å². The monoisotopic (exact) mass is 271 g/mol. The van der Waals surface area contributed by atoms with Gasteiger partial charge in [0, 0.05) is 25.1 Å². The maximum absolute atomic E-state index is 5.86. The first-order chi connectivity index (χ1) is 9.85. The highest BCUT2D eigenvalue weighted by atomic mass is 16.5. The number of anilines is 1. The van der Waals surface area contributed by atoms with E-state index in [1.165, 1.54) is 0 Å². The first kappa shape index (κ1) is 12.9. The van der Waals surface area contributed by atoms with E-state index >= 15 is 0 Å². The zero-order chi connectivity index (χ0) is 13.8. The summed E-state index contributed by atoms with van der Waals surface area (Å²) in [6, 6.07) is 11.7. The summed E-state index contributed by atoms with van der Waals surface area (Å²) >= 11 is 0. The van der Waals surface area contributed by atoms with Crippen molar-refractivity contribution in [3.05, 3.63) is 36.4 Å². The van der Waals surface area contributed by atoms with E-state index in [1.54, 1.807) is 0 Å². The Balaban J connectivity index is 1.90. The van der Waals surface area contributed by atoms with Crippen molar-refractivity contribution in [2.45, 2.75) is 12.5 Å². The zero-order valence-corrected chi connectivity index (χ0v) is 11.4. The van der Waals surface area contributed by atoms with Crippen molar-refractivity contribution in [3.8, 4) is 17.3 Å². The van der Waals surface area contributed by atoms with Crippen LogP contribution in [0.1, 0.15) is 6.42 Å². The second kappa shape index (κ2) is 5.88. The number of nitrogens with one attached hydrogen (secondary N) is 1. The molecule has 1 N–H and O–H groups in total. The quantitative estimate of drug-likeness (QED) is 0.925. The lowest BCUT2D eigenvalue weighted by Gasteiger charge is -2.13. The highest BCUT2D eigenvalue weighted by Gasteiger charge is 2.18. The molecule has 1 aromatic carbocycles. The predicted molar refractivity (Wildman–Crippen MR) is 76.9 cm³/mol. The van der Waals surface area contributed by atoms with Gasteiger partial charge in [0.05, 0.1) is 13.2 Å². The first-order valence-corrected chi connectivity index (χ1v) is 6.72. The van der Waals surface area contributed by atoms with Gasteiger partial charge >= 0.3 is 0 Å². The van der Waals surface area contributed by atoms with Crippen LogP contribution in [0.25, 0.3) is 11.4 Å². The summed E-state index contributed by atoms with van der Waals surface area (Å²) in [7, 11) is 1.83. The molecule has 0 bridgehead atoms. The van der Waals surface area contributed by atoms with Gasteiger partial charge < -0.3 is 14.8 Å². The third-order valence-electron chi connectivity index (χ3n) is 3.17. The zero-order valence-electron chi connectivity index (χ0n) is 11.4. The van der Waals surface area contributed by atoms with Crippen LogP contribution in [-0.4, -0.2) is 36.3 Å². The second-order valence-corrected chi connectivity index (χ2v) is 4.63. The van der Waals surface area contributed by atoms with E-state index < -0.39 is 0 Å². The summed E-state index contributed by atoms with van der Waals surface area (Å²) in [4.78, 5) is 8.95. The van der Waals surface area contributed by atoms with Crippen LogP contribution in [0, 0.1) is 0 Å². The van der Waals surface area contributed by atoms with Crippen LogP contribution in [0.2, 0.25) is 0 Å². The molecule has 1 atom stereocenters. The molecule has 2 heterocycles. The van der Waals surface area contributed by atoms with Crippen molar-refractivity contribution in [1.82, 2.24) is 9.97 Å². The van der Waals surface area contributed by atoms with E-state index in [9.17, 15) is 0 Å². The smallest absolute Gasteiger partial charge is 0.219 e. The van der Waals surface area contributed by atoms with Crippen molar-refractivity contribution in [3.63, 3.8) is 0 Å². The first-order valence-electron chi connectivity index (χ1n) is 6.72. The maximum atomic E-state index is 5.86. The molecule has 1 fully saturated rings. The van der Waals surface area contributed by atoms with Gasteiger partial charge in [0.2, 0.25) is 5.88 Å². The number of hydrogen-bond acceptors (Lipinski definition) is 5. The normalized spacial score (nSPS) is 17.9. The Bertz CT molecular complexity index is 569. The van der Waals surface area contributed by atoms with Crippen molar-refractivity contribution < 1.29 is 9.47 Å². The summed E-state index contributed by atoms with van der Waals surface area (Å²) in [5.41, 5.74) is 0.970. The number of aromatic nitrogens is 2. The minimum absolute atomic E-state index is 0.0817. The number of rotatable bonds is 4. The molecule has 5 heteroatoms. The molecule has 1 aliphatic heterocycles. The minimum Gasteiger partial charge on any atom is -0.472 e. The van der Waals surface area contributed by atoms with Crippen LogP contribution >= 0.6 is 0 Å². The minimum atomic E-state index is 0.0817. The molecule has 0 amide bonds. The van der Waals surface area contributed by atoms with Crippen molar-refractivity contribution in [2.75, 3.05) is 25.6 Å². The fourth-order valence-electron chi connectivity index (χ4n) is 2.11. The Hall–Kier alpha value is -2.14. The Morgan fingerprint density at radius 2 is 2.10 bits per heavy atom. The molecule has 2 aromatic rings. The molecule has 1 aromatic heterocycles. The molecule has 0 aliphatic carbocycles. The molecule has 3 rings (SSSR count). The molecule has 0 spiro atoms. The van der Waals surface area contributed by atoms with Crippen LogP contribution in [0.3, 0.4) is 0 Å². The van der Waals surface area contributed by atoms with E-state index in [4.69, 9.17) is 9.47 Å². The summed E-state index contributed by atoms with van der Waals surface area (Å²) < 4.78 is 11.2. The van der Waals surface area contributed by atoms with Crippen molar-refractivity contribution >= 4 is 5.82 Å². The predicted octanol–water partition coefficient (Wildman–Crippen LogP) is 2.35. The average molecular weight is 271 g/mol. The molecular weight excluding hydrogens is 254 g/mol. The Kier molecular flexibility index (Phi) is 3.78. The van der Waals surface area contributed by atoms with E-state index in [2.05, 4.69) is 15.3 Å². The number of hydrogen-bond donors (Lipinski definition) is 1. The third kappa shape index (κ3) is 2.88. The van der Waals surface area contributed by atoms with Gasteiger partial charge in [-0.2, -0.15) is 4.98 Å². The van der Waals surface area contributed by atoms with Crippen LogP contribution in [0.4, 0.5) is 5.82 Å². The van der Waals surface area contributed by atoms with Gasteiger partial charge in [-0.25, -0.2) is 4.98 Å². The summed E-state index contributed by atoms with van der Waals surface area (Å²) in [6.07, 6.45) is 0.984. The molecule has 1 aliphatic rings. The molecule has 104 valence electrons. The van der Waals surface area contributed by atoms with E-state index in [0.29, 0.717) is 18.3 Å². The SMILES string of the molecule is CNc1cc(OC2CCOC2)nc(-c2ccccc2)n1. The van der Waals surface area contributed by atoms with Gasteiger partial charge in [0.1, 0.15) is 11.9 Å². The summed E-state index contributed by atoms with van der Waals surface area (Å²) in [5.74, 6) is 1.98. The van der Waals surface area contributed by atoms with Crippen LogP contribution < -0.4 is 10.1 Å². The summed E-state index contributed by atoms with van der Waals surface area (Å²) in [6.45, 7) is 1.37.